The maximum absolute atomic E-state index is 11.8. The molecule has 2 aliphatic rings. The molecule has 1 spiro atoms. The zero-order valence-electron chi connectivity index (χ0n) is 15.8. The first-order valence-electron chi connectivity index (χ1n) is 8.86. The Morgan fingerprint density at radius 1 is 1.19 bits per heavy atom. The molecule has 0 amide bonds. The minimum atomic E-state index is -1.56. The molecule has 1 fully saturated rings. The lowest BCUT2D eigenvalue weighted by atomic mass is 9.84. The summed E-state index contributed by atoms with van der Waals surface area (Å²) in [4.78, 5) is 23.5. The number of rotatable bonds is 2. The Kier molecular flexibility index (Phi) is 5.05. The minimum Gasteiger partial charge on any atom is -0.508 e. The second kappa shape index (κ2) is 7.01. The molecule has 0 radical (unpaired) electrons. The topological polar surface area (TPSA) is 112 Å². The monoisotopic (exact) mass is 380 g/mol. The first kappa shape index (κ1) is 19.4. The standard InChI is InChI=1S/C19H24O8/c1-9-5-6-16(25-11(3)20)19(27-9)18(26-12(4)21)13-7-15(22)10(2)17(23)14(13)8-24-19/h7,9,16,18,22-23H,5-6,8H2,1-4H3/t9-,16-,18-,19-/m0/s1. The van der Waals surface area contributed by atoms with Crippen LogP contribution in [0.3, 0.4) is 0 Å². The molecule has 0 aromatic heterocycles. The molecule has 1 aromatic rings. The SMILES string of the molecule is CC(=O)O[C@H]1CC[C@H](C)O[C@@]12OCc1c(cc(O)c(C)c1O)[C@@H]2OC(C)=O. The predicted octanol–water partition coefficient (Wildman–Crippen LogP) is 2.37. The molecule has 0 unspecified atom stereocenters. The van der Waals surface area contributed by atoms with Gasteiger partial charge in [-0.05, 0) is 32.8 Å². The fraction of sp³-hybridized carbons (Fsp3) is 0.579. The largest absolute Gasteiger partial charge is 0.508 e. The maximum atomic E-state index is 11.8. The van der Waals surface area contributed by atoms with Gasteiger partial charge < -0.3 is 29.2 Å². The molecule has 4 atom stereocenters. The lowest BCUT2D eigenvalue weighted by Gasteiger charge is -2.50. The Balaban J connectivity index is 2.16. The van der Waals surface area contributed by atoms with Gasteiger partial charge in [-0.25, -0.2) is 0 Å². The van der Waals surface area contributed by atoms with Crippen LogP contribution in [0, 0.1) is 6.92 Å². The van der Waals surface area contributed by atoms with E-state index >= 15 is 0 Å². The van der Waals surface area contributed by atoms with Gasteiger partial charge in [0, 0.05) is 30.5 Å². The molecule has 27 heavy (non-hydrogen) atoms. The number of hydrogen-bond donors (Lipinski definition) is 2. The van der Waals surface area contributed by atoms with E-state index in [1.807, 2.05) is 6.92 Å². The lowest BCUT2D eigenvalue weighted by Crippen LogP contribution is -2.60. The van der Waals surface area contributed by atoms with Gasteiger partial charge >= 0.3 is 11.9 Å². The number of esters is 2. The molecule has 148 valence electrons. The number of phenolic OH excluding ortho intramolecular Hbond substituents is 2. The third-order valence-corrected chi connectivity index (χ3v) is 5.02. The van der Waals surface area contributed by atoms with Crippen molar-refractivity contribution in [3.05, 3.63) is 22.8 Å². The molecule has 8 heteroatoms. The first-order valence-corrected chi connectivity index (χ1v) is 8.86. The predicted molar refractivity (Wildman–Crippen MR) is 91.9 cm³/mol. The summed E-state index contributed by atoms with van der Waals surface area (Å²) >= 11 is 0. The van der Waals surface area contributed by atoms with Crippen molar-refractivity contribution in [2.24, 2.45) is 0 Å². The molecule has 0 saturated carbocycles. The zero-order valence-corrected chi connectivity index (χ0v) is 15.8. The Hall–Kier alpha value is -2.32. The van der Waals surface area contributed by atoms with Gasteiger partial charge in [0.15, 0.2) is 12.2 Å². The summed E-state index contributed by atoms with van der Waals surface area (Å²) in [6.45, 7) is 5.88. The fourth-order valence-corrected chi connectivity index (χ4v) is 3.74. The van der Waals surface area contributed by atoms with Crippen molar-refractivity contribution in [1.29, 1.82) is 0 Å². The van der Waals surface area contributed by atoms with Gasteiger partial charge in [0.2, 0.25) is 5.79 Å². The highest BCUT2D eigenvalue weighted by molar-refractivity contribution is 5.68. The molecule has 2 heterocycles. The molecule has 1 aromatic carbocycles. The summed E-state index contributed by atoms with van der Waals surface area (Å²) < 4.78 is 23.0. The van der Waals surface area contributed by atoms with Crippen LogP contribution in [-0.2, 0) is 35.1 Å². The third-order valence-electron chi connectivity index (χ3n) is 5.02. The second-order valence-electron chi connectivity index (χ2n) is 7.04. The molecule has 2 aliphatic heterocycles. The number of carbonyl (C=O) groups is 2. The number of ether oxygens (including phenoxy) is 4. The van der Waals surface area contributed by atoms with E-state index in [0.717, 1.165) is 0 Å². The second-order valence-corrected chi connectivity index (χ2v) is 7.04. The number of fused-ring (bicyclic) bond motifs is 1. The van der Waals surface area contributed by atoms with Crippen molar-refractivity contribution in [3.8, 4) is 11.5 Å². The fourth-order valence-electron chi connectivity index (χ4n) is 3.74. The Morgan fingerprint density at radius 3 is 2.48 bits per heavy atom. The number of carbonyl (C=O) groups excluding carboxylic acids is 2. The first-order chi connectivity index (χ1) is 12.7. The van der Waals surface area contributed by atoms with Crippen molar-refractivity contribution in [2.45, 2.75) is 71.2 Å². The van der Waals surface area contributed by atoms with Gasteiger partial charge in [0.1, 0.15) is 11.5 Å². The van der Waals surface area contributed by atoms with E-state index in [-0.39, 0.29) is 24.2 Å². The van der Waals surface area contributed by atoms with E-state index in [4.69, 9.17) is 18.9 Å². The van der Waals surface area contributed by atoms with Crippen LogP contribution in [0.5, 0.6) is 11.5 Å². The van der Waals surface area contributed by atoms with Crippen LogP contribution >= 0.6 is 0 Å². The molecule has 0 bridgehead atoms. The normalized spacial score (nSPS) is 29.9. The van der Waals surface area contributed by atoms with Gasteiger partial charge in [-0.2, -0.15) is 0 Å². The average molecular weight is 380 g/mol. The number of hydrogen-bond acceptors (Lipinski definition) is 8. The van der Waals surface area contributed by atoms with Crippen LogP contribution in [0.2, 0.25) is 0 Å². The smallest absolute Gasteiger partial charge is 0.303 e. The third kappa shape index (κ3) is 3.35. The van der Waals surface area contributed by atoms with Crippen molar-refractivity contribution >= 4 is 11.9 Å². The Morgan fingerprint density at radius 2 is 1.85 bits per heavy atom. The maximum Gasteiger partial charge on any atom is 0.303 e. The summed E-state index contributed by atoms with van der Waals surface area (Å²) in [6.07, 6.45) is -1.08. The minimum absolute atomic E-state index is 0.0511. The van der Waals surface area contributed by atoms with Crippen LogP contribution in [0.1, 0.15) is 56.4 Å². The van der Waals surface area contributed by atoms with Crippen molar-refractivity contribution in [2.75, 3.05) is 0 Å². The molecule has 2 N–H and O–H groups in total. The molecular formula is C19H24O8. The van der Waals surface area contributed by atoms with E-state index in [0.29, 0.717) is 29.5 Å². The summed E-state index contributed by atoms with van der Waals surface area (Å²) in [5, 5.41) is 20.6. The van der Waals surface area contributed by atoms with E-state index < -0.39 is 29.9 Å². The average Bonchev–Trinajstić information content (AvgIpc) is 2.57. The van der Waals surface area contributed by atoms with Gasteiger partial charge in [0.05, 0.1) is 12.7 Å². The van der Waals surface area contributed by atoms with Gasteiger partial charge in [-0.15, -0.1) is 0 Å². The summed E-state index contributed by atoms with van der Waals surface area (Å²) in [5.74, 6) is -2.95. The van der Waals surface area contributed by atoms with Gasteiger partial charge in [-0.1, -0.05) is 0 Å². The van der Waals surface area contributed by atoms with Crippen molar-refractivity contribution in [1.82, 2.24) is 0 Å². The highest BCUT2D eigenvalue weighted by Crippen LogP contribution is 2.51. The molecule has 8 nitrogen and oxygen atoms in total. The zero-order chi connectivity index (χ0) is 19.9. The van der Waals surface area contributed by atoms with Gasteiger partial charge in [-0.3, -0.25) is 9.59 Å². The quantitative estimate of drug-likeness (QED) is 0.752. The lowest BCUT2D eigenvalue weighted by molar-refractivity contribution is -0.366. The Bertz CT molecular complexity index is 773. The van der Waals surface area contributed by atoms with E-state index in [2.05, 4.69) is 0 Å². The number of phenols is 2. The molecular weight excluding hydrogens is 356 g/mol. The summed E-state index contributed by atoms with van der Waals surface area (Å²) in [7, 11) is 0. The van der Waals surface area contributed by atoms with Crippen LogP contribution < -0.4 is 0 Å². The van der Waals surface area contributed by atoms with E-state index in [1.165, 1.54) is 19.9 Å². The molecule has 1 saturated heterocycles. The van der Waals surface area contributed by atoms with Crippen molar-refractivity contribution < 1.29 is 38.7 Å². The van der Waals surface area contributed by atoms with Gasteiger partial charge in [0.25, 0.3) is 0 Å². The van der Waals surface area contributed by atoms with Crippen LogP contribution in [0.25, 0.3) is 0 Å². The van der Waals surface area contributed by atoms with Crippen molar-refractivity contribution in [3.63, 3.8) is 0 Å². The highest BCUT2D eigenvalue weighted by Gasteiger charge is 2.58. The summed E-state index contributed by atoms with van der Waals surface area (Å²) in [5.41, 5.74) is 1.05. The van der Waals surface area contributed by atoms with Crippen LogP contribution in [0.15, 0.2) is 6.07 Å². The van der Waals surface area contributed by atoms with E-state index in [1.54, 1.807) is 6.92 Å². The Labute approximate surface area is 157 Å². The highest BCUT2D eigenvalue weighted by atomic mass is 16.7. The number of benzene rings is 1. The summed E-state index contributed by atoms with van der Waals surface area (Å²) in [6, 6.07) is 1.43. The van der Waals surface area contributed by atoms with E-state index in [9.17, 15) is 19.8 Å². The number of aromatic hydroxyl groups is 2. The van der Waals surface area contributed by atoms with Crippen LogP contribution in [0.4, 0.5) is 0 Å². The van der Waals surface area contributed by atoms with Crippen LogP contribution in [-0.4, -0.2) is 40.1 Å². The molecule has 3 rings (SSSR count). The molecule has 0 aliphatic carbocycles.